The zero-order valence-corrected chi connectivity index (χ0v) is 19.8. The Morgan fingerprint density at radius 3 is 2.50 bits per heavy atom. The molecular weight excluding hydrogens is 500 g/mol. The summed E-state index contributed by atoms with van der Waals surface area (Å²) in [6.45, 7) is -0.398. The maximum absolute atomic E-state index is 13.2. The van der Waals surface area contributed by atoms with E-state index in [2.05, 4.69) is 4.74 Å². The third kappa shape index (κ3) is 4.09. The minimum absolute atomic E-state index is 0.0556. The molecule has 0 amide bonds. The minimum atomic E-state index is -0.972. The van der Waals surface area contributed by atoms with Crippen molar-refractivity contribution in [3.8, 4) is 45.8 Å². The molecule has 2 heterocycles. The predicted molar refractivity (Wildman–Crippen MR) is 131 cm³/mol. The van der Waals surface area contributed by atoms with Crippen LogP contribution in [0.4, 0.5) is 0 Å². The van der Waals surface area contributed by atoms with E-state index in [1.807, 2.05) is 0 Å². The largest absolute Gasteiger partial charge is 0.507 e. The van der Waals surface area contributed by atoms with Gasteiger partial charge in [0.05, 0.1) is 13.5 Å². The smallest absolute Gasteiger partial charge is 0.343 e. The molecule has 1 atom stereocenters. The van der Waals surface area contributed by atoms with Gasteiger partial charge < -0.3 is 39.1 Å². The van der Waals surface area contributed by atoms with E-state index in [0.29, 0.717) is 5.56 Å². The van der Waals surface area contributed by atoms with Gasteiger partial charge in [0.25, 0.3) is 0 Å². The molecule has 0 saturated carbocycles. The standard InChI is InChI=1S/C27H20O11/c1-35-21(32)11-36-18-5-3-2-4-13(18)14-9-20(31)37-19-10-17(30)23-24(33)25(34)26(38-27(23)22(14)19)12-6-7-15(28)16(29)8-12/h2-8,10,14,28-30,34H,9,11H2,1H3. The van der Waals surface area contributed by atoms with Gasteiger partial charge in [-0.1, -0.05) is 18.2 Å². The van der Waals surface area contributed by atoms with Crippen molar-refractivity contribution in [1.82, 2.24) is 0 Å². The fourth-order valence-corrected chi connectivity index (χ4v) is 4.40. The molecule has 0 fully saturated rings. The summed E-state index contributed by atoms with van der Waals surface area (Å²) in [6, 6.07) is 11.2. The Morgan fingerprint density at radius 2 is 1.76 bits per heavy atom. The Kier molecular flexibility index (Phi) is 6.03. The third-order valence-electron chi connectivity index (χ3n) is 6.17. The van der Waals surface area contributed by atoms with E-state index < -0.39 is 52.9 Å². The minimum Gasteiger partial charge on any atom is -0.507 e. The molecule has 0 aliphatic carbocycles. The lowest BCUT2D eigenvalue weighted by Crippen LogP contribution is -2.23. The van der Waals surface area contributed by atoms with Crippen molar-refractivity contribution in [3.05, 3.63) is 69.9 Å². The van der Waals surface area contributed by atoms with E-state index in [4.69, 9.17) is 13.9 Å². The number of hydrogen-bond acceptors (Lipinski definition) is 11. The normalized spacial score (nSPS) is 14.6. The molecule has 11 nitrogen and oxygen atoms in total. The number of carbonyl (C=O) groups is 2. The molecule has 11 heteroatoms. The van der Waals surface area contributed by atoms with Crippen molar-refractivity contribution in [1.29, 1.82) is 0 Å². The first-order chi connectivity index (χ1) is 18.2. The SMILES string of the molecule is COC(=O)COc1ccccc1C1CC(=O)Oc2cc(O)c3c(=O)c(O)c(-c4ccc(O)c(O)c4)oc3c21. The summed E-state index contributed by atoms with van der Waals surface area (Å²) in [7, 11) is 1.21. The molecule has 1 unspecified atom stereocenters. The Morgan fingerprint density at radius 1 is 1.00 bits per heavy atom. The Balaban J connectivity index is 1.78. The van der Waals surface area contributed by atoms with Gasteiger partial charge >= 0.3 is 11.9 Å². The Hall–Kier alpha value is -5.19. The van der Waals surface area contributed by atoms with Gasteiger partial charge in [0.1, 0.15) is 28.2 Å². The topological polar surface area (TPSA) is 173 Å². The van der Waals surface area contributed by atoms with E-state index >= 15 is 0 Å². The van der Waals surface area contributed by atoms with Crippen LogP contribution in [0.1, 0.15) is 23.5 Å². The fourth-order valence-electron chi connectivity index (χ4n) is 4.40. The van der Waals surface area contributed by atoms with Gasteiger partial charge in [-0.2, -0.15) is 0 Å². The number of carbonyl (C=O) groups excluding carboxylic acids is 2. The highest BCUT2D eigenvalue weighted by molar-refractivity contribution is 5.94. The number of ether oxygens (including phenoxy) is 3. The number of phenols is 3. The summed E-state index contributed by atoms with van der Waals surface area (Å²) in [6.07, 6.45) is -0.203. The van der Waals surface area contributed by atoms with E-state index in [1.54, 1.807) is 24.3 Å². The quantitative estimate of drug-likeness (QED) is 0.173. The molecular formula is C27H20O11. The molecule has 5 rings (SSSR count). The predicted octanol–water partition coefficient (Wildman–Crippen LogP) is 3.28. The highest BCUT2D eigenvalue weighted by atomic mass is 16.6. The highest BCUT2D eigenvalue weighted by Gasteiger charge is 2.36. The van der Waals surface area contributed by atoms with Gasteiger partial charge in [0.2, 0.25) is 11.2 Å². The molecule has 1 aromatic heterocycles. The molecule has 1 aliphatic rings. The second kappa shape index (κ2) is 9.36. The zero-order valence-electron chi connectivity index (χ0n) is 19.8. The molecule has 4 aromatic rings. The fraction of sp³-hybridized carbons (Fsp3) is 0.148. The van der Waals surface area contributed by atoms with Gasteiger partial charge in [-0.25, -0.2) is 4.79 Å². The average Bonchev–Trinajstić information content (AvgIpc) is 2.90. The molecule has 1 aliphatic heterocycles. The van der Waals surface area contributed by atoms with E-state index in [1.165, 1.54) is 13.2 Å². The lowest BCUT2D eigenvalue weighted by atomic mass is 9.84. The molecule has 0 radical (unpaired) electrons. The van der Waals surface area contributed by atoms with Crippen LogP contribution in [0.2, 0.25) is 0 Å². The highest BCUT2D eigenvalue weighted by Crippen LogP contribution is 2.48. The van der Waals surface area contributed by atoms with Crippen molar-refractivity contribution in [2.45, 2.75) is 12.3 Å². The first kappa shape index (κ1) is 24.5. The average molecular weight is 520 g/mol. The second-order valence-electron chi connectivity index (χ2n) is 8.46. The second-order valence-corrected chi connectivity index (χ2v) is 8.46. The van der Waals surface area contributed by atoms with Crippen molar-refractivity contribution >= 4 is 22.9 Å². The van der Waals surface area contributed by atoms with Crippen LogP contribution in [0.5, 0.6) is 34.5 Å². The third-order valence-corrected chi connectivity index (χ3v) is 6.17. The lowest BCUT2D eigenvalue weighted by Gasteiger charge is -2.27. The summed E-state index contributed by atoms with van der Waals surface area (Å²) in [5, 5.41) is 40.5. The molecule has 38 heavy (non-hydrogen) atoms. The van der Waals surface area contributed by atoms with Gasteiger partial charge in [0.15, 0.2) is 23.9 Å². The molecule has 0 bridgehead atoms. The van der Waals surface area contributed by atoms with Crippen molar-refractivity contribution in [3.63, 3.8) is 0 Å². The molecule has 0 saturated heterocycles. The number of rotatable bonds is 5. The zero-order chi connectivity index (χ0) is 27.1. The number of methoxy groups -OCH3 is 1. The van der Waals surface area contributed by atoms with Gasteiger partial charge in [-0.15, -0.1) is 0 Å². The van der Waals surface area contributed by atoms with Crippen molar-refractivity contribution in [2.75, 3.05) is 13.7 Å². The number of benzene rings is 3. The first-order valence-electron chi connectivity index (χ1n) is 11.3. The summed E-state index contributed by atoms with van der Waals surface area (Å²) < 4.78 is 21.6. The number of para-hydroxylation sites is 1. The van der Waals surface area contributed by atoms with E-state index in [0.717, 1.165) is 18.2 Å². The van der Waals surface area contributed by atoms with Gasteiger partial charge in [-0.05, 0) is 24.3 Å². The summed E-state index contributed by atoms with van der Waals surface area (Å²) in [5.74, 6) is -4.62. The van der Waals surface area contributed by atoms with Crippen LogP contribution >= 0.6 is 0 Å². The van der Waals surface area contributed by atoms with Gasteiger partial charge in [0, 0.05) is 28.7 Å². The number of aromatic hydroxyl groups is 4. The van der Waals surface area contributed by atoms with E-state index in [-0.39, 0.29) is 45.8 Å². The molecule has 194 valence electrons. The monoisotopic (exact) mass is 520 g/mol. The number of phenolic OH excluding ortho intramolecular Hbond substituents is 3. The first-order valence-corrected chi connectivity index (χ1v) is 11.3. The van der Waals surface area contributed by atoms with Crippen LogP contribution in [0.3, 0.4) is 0 Å². The number of esters is 2. The molecule has 0 spiro atoms. The van der Waals surface area contributed by atoms with Crippen LogP contribution in [-0.4, -0.2) is 46.1 Å². The molecule has 3 aromatic carbocycles. The van der Waals surface area contributed by atoms with Crippen LogP contribution in [0.25, 0.3) is 22.3 Å². The maximum Gasteiger partial charge on any atom is 0.343 e. The van der Waals surface area contributed by atoms with Crippen LogP contribution < -0.4 is 14.9 Å². The van der Waals surface area contributed by atoms with Crippen molar-refractivity contribution < 1.29 is 48.6 Å². The van der Waals surface area contributed by atoms with Gasteiger partial charge in [-0.3, -0.25) is 9.59 Å². The maximum atomic E-state index is 13.2. The van der Waals surface area contributed by atoms with Crippen molar-refractivity contribution in [2.24, 2.45) is 0 Å². The summed E-state index contributed by atoms with van der Waals surface area (Å²) >= 11 is 0. The Bertz CT molecular complexity index is 1670. The number of hydrogen-bond donors (Lipinski definition) is 4. The van der Waals surface area contributed by atoms with Crippen LogP contribution in [-0.2, 0) is 14.3 Å². The Labute approximate surface area is 213 Å². The number of fused-ring (bicyclic) bond motifs is 3. The summed E-state index contributed by atoms with van der Waals surface area (Å²) in [4.78, 5) is 37.4. The van der Waals surface area contributed by atoms with E-state index in [9.17, 15) is 34.8 Å². The lowest BCUT2D eigenvalue weighted by molar-refractivity contribution is -0.143. The van der Waals surface area contributed by atoms with Crippen LogP contribution in [0, 0.1) is 0 Å². The summed E-state index contributed by atoms with van der Waals surface area (Å²) in [5.41, 5.74) is -0.417. The molecule has 4 N–H and O–H groups in total. The van der Waals surface area contributed by atoms with Crippen LogP contribution in [0.15, 0.2) is 57.7 Å².